The Bertz CT molecular complexity index is 1400. The van der Waals surface area contributed by atoms with Gasteiger partial charge in [0.1, 0.15) is 0 Å². The van der Waals surface area contributed by atoms with Crippen LogP contribution in [0.15, 0.2) is 78.1 Å². The summed E-state index contributed by atoms with van der Waals surface area (Å²) >= 11 is 0. The lowest BCUT2D eigenvalue weighted by Gasteiger charge is -2.07. The molecule has 3 aromatic heterocycles. The highest BCUT2D eigenvalue weighted by Crippen LogP contribution is 2.31. The third-order valence-corrected chi connectivity index (χ3v) is 4.96. The molecule has 3 heterocycles. The van der Waals surface area contributed by atoms with Gasteiger partial charge in [-0.2, -0.15) is 18.3 Å². The lowest BCUT2D eigenvalue weighted by atomic mass is 10.1. The van der Waals surface area contributed by atoms with Crippen LogP contribution in [0, 0.1) is 0 Å². The molecule has 2 N–H and O–H groups in total. The van der Waals surface area contributed by atoms with Crippen LogP contribution < -0.4 is 5.32 Å². The molecule has 0 aliphatic heterocycles. The van der Waals surface area contributed by atoms with Gasteiger partial charge in [-0.25, -0.2) is 9.67 Å². The van der Waals surface area contributed by atoms with E-state index in [0.29, 0.717) is 11.4 Å². The minimum Gasteiger partial charge on any atom is -0.438 e. The van der Waals surface area contributed by atoms with Crippen LogP contribution in [0.2, 0.25) is 0 Å². The van der Waals surface area contributed by atoms with E-state index in [9.17, 15) is 18.0 Å². The second-order valence-electron chi connectivity index (χ2n) is 7.00. The first-order valence-electron chi connectivity index (χ1n) is 9.42. The summed E-state index contributed by atoms with van der Waals surface area (Å²) in [7, 11) is 0. The van der Waals surface area contributed by atoms with Crippen LogP contribution in [0.1, 0.15) is 16.1 Å². The van der Waals surface area contributed by atoms with Gasteiger partial charge in [-0.05, 0) is 42.0 Å². The van der Waals surface area contributed by atoms with E-state index in [0.717, 1.165) is 34.2 Å². The van der Waals surface area contributed by atoms with Gasteiger partial charge in [0.15, 0.2) is 6.39 Å². The Hall–Kier alpha value is -4.34. The molecule has 1 amide bonds. The molecule has 0 spiro atoms. The monoisotopic (exact) mass is 437 g/mol. The molecule has 2 aromatic carbocycles. The summed E-state index contributed by atoms with van der Waals surface area (Å²) in [5.41, 5.74) is 2.76. The zero-order valence-electron chi connectivity index (χ0n) is 16.2. The molecule has 0 bridgehead atoms. The molecule has 5 aromatic rings. The Balaban J connectivity index is 1.43. The number of benzene rings is 2. The molecule has 0 unspecified atom stereocenters. The van der Waals surface area contributed by atoms with Crippen molar-refractivity contribution in [2.75, 3.05) is 5.32 Å². The van der Waals surface area contributed by atoms with Crippen LogP contribution in [0.3, 0.4) is 0 Å². The Labute approximate surface area is 178 Å². The Kier molecular flexibility index (Phi) is 4.54. The third kappa shape index (κ3) is 3.62. The van der Waals surface area contributed by atoms with Crippen molar-refractivity contribution in [2.45, 2.75) is 6.18 Å². The van der Waals surface area contributed by atoms with Gasteiger partial charge in [0.2, 0.25) is 5.76 Å². The van der Waals surface area contributed by atoms with Crippen molar-refractivity contribution in [2.24, 2.45) is 0 Å². The van der Waals surface area contributed by atoms with E-state index < -0.39 is 17.6 Å². The molecular weight excluding hydrogens is 423 g/mol. The van der Waals surface area contributed by atoms with Crippen LogP contribution in [0.25, 0.3) is 27.7 Å². The summed E-state index contributed by atoms with van der Waals surface area (Å²) in [5, 5.41) is 7.82. The van der Waals surface area contributed by atoms with Crippen LogP contribution in [0.5, 0.6) is 0 Å². The lowest BCUT2D eigenvalue weighted by molar-refractivity contribution is -0.137. The highest BCUT2D eigenvalue weighted by atomic mass is 19.4. The number of halogens is 3. The SMILES string of the molecule is O=C(Nc1c[nH]c2ccc(-c3cnn(-c4ccc(C(F)(F)F)cc4)c3)cc12)c1cnco1. The number of anilines is 1. The minimum atomic E-state index is -4.39. The summed E-state index contributed by atoms with van der Waals surface area (Å²) in [4.78, 5) is 19.1. The molecule has 0 aliphatic carbocycles. The van der Waals surface area contributed by atoms with E-state index in [4.69, 9.17) is 4.42 Å². The fourth-order valence-electron chi connectivity index (χ4n) is 3.33. The standard InChI is InChI=1S/C22H14F3N5O2/c23-22(24,25)15-2-4-16(5-3-15)30-11-14(8-28-30)13-1-6-18-17(7-13)19(9-27-18)29-21(31)20-10-26-12-32-20/h1-12,27H,(H,29,31). The van der Waals surface area contributed by atoms with Gasteiger partial charge in [-0.3, -0.25) is 4.79 Å². The van der Waals surface area contributed by atoms with E-state index >= 15 is 0 Å². The zero-order valence-corrected chi connectivity index (χ0v) is 16.2. The number of alkyl halides is 3. The number of carbonyl (C=O) groups excluding carboxylic acids is 1. The Morgan fingerprint density at radius 1 is 1.06 bits per heavy atom. The van der Waals surface area contributed by atoms with E-state index in [1.54, 1.807) is 18.6 Å². The molecule has 160 valence electrons. The predicted octanol–water partition coefficient (Wildman–Crippen LogP) is 5.28. The first kappa shape index (κ1) is 19.6. The normalized spacial score (nSPS) is 11.7. The highest BCUT2D eigenvalue weighted by molar-refractivity contribution is 6.08. The number of amides is 1. The molecule has 0 saturated heterocycles. The molecule has 0 atom stereocenters. The van der Waals surface area contributed by atoms with E-state index in [-0.39, 0.29) is 5.76 Å². The van der Waals surface area contributed by atoms with Crippen molar-refractivity contribution < 1.29 is 22.4 Å². The first-order chi connectivity index (χ1) is 15.4. The zero-order chi connectivity index (χ0) is 22.3. The first-order valence-corrected chi connectivity index (χ1v) is 9.42. The fourth-order valence-corrected chi connectivity index (χ4v) is 3.33. The number of carbonyl (C=O) groups is 1. The molecule has 0 fully saturated rings. The lowest BCUT2D eigenvalue weighted by Crippen LogP contribution is -2.10. The van der Waals surface area contributed by atoms with Gasteiger partial charge in [0.25, 0.3) is 5.91 Å². The number of hydrogen-bond donors (Lipinski definition) is 2. The predicted molar refractivity (Wildman–Crippen MR) is 110 cm³/mol. The van der Waals surface area contributed by atoms with Crippen molar-refractivity contribution >= 4 is 22.5 Å². The van der Waals surface area contributed by atoms with Crippen molar-refractivity contribution in [3.63, 3.8) is 0 Å². The largest absolute Gasteiger partial charge is 0.438 e. The number of aromatic nitrogens is 4. The Morgan fingerprint density at radius 2 is 1.88 bits per heavy atom. The second-order valence-corrected chi connectivity index (χ2v) is 7.00. The molecule has 32 heavy (non-hydrogen) atoms. The number of hydrogen-bond acceptors (Lipinski definition) is 4. The quantitative estimate of drug-likeness (QED) is 0.400. The smallest absolute Gasteiger partial charge is 0.416 e. The number of aromatic amines is 1. The summed E-state index contributed by atoms with van der Waals surface area (Å²) in [6.45, 7) is 0. The van der Waals surface area contributed by atoms with Crippen molar-refractivity contribution in [3.8, 4) is 16.8 Å². The van der Waals surface area contributed by atoms with Gasteiger partial charge >= 0.3 is 6.18 Å². The number of fused-ring (bicyclic) bond motifs is 1. The molecule has 0 radical (unpaired) electrons. The maximum absolute atomic E-state index is 12.8. The van der Waals surface area contributed by atoms with Crippen LogP contribution >= 0.6 is 0 Å². The Morgan fingerprint density at radius 3 is 2.59 bits per heavy atom. The van der Waals surface area contributed by atoms with Gasteiger partial charge in [0, 0.05) is 28.9 Å². The van der Waals surface area contributed by atoms with E-state index in [2.05, 4.69) is 20.4 Å². The molecule has 0 saturated carbocycles. The summed E-state index contributed by atoms with van der Waals surface area (Å²) < 4.78 is 44.9. The average Bonchev–Trinajstić information content (AvgIpc) is 3.54. The molecule has 5 rings (SSSR count). The fraction of sp³-hybridized carbons (Fsp3) is 0.0455. The summed E-state index contributed by atoms with van der Waals surface area (Å²) in [6.07, 6.45) is 3.14. The van der Waals surface area contributed by atoms with E-state index in [1.165, 1.54) is 29.4 Å². The van der Waals surface area contributed by atoms with Crippen molar-refractivity contribution in [1.29, 1.82) is 0 Å². The van der Waals surface area contributed by atoms with Gasteiger partial charge < -0.3 is 14.7 Å². The number of nitrogens with one attached hydrogen (secondary N) is 2. The van der Waals surface area contributed by atoms with Crippen LogP contribution in [-0.4, -0.2) is 25.7 Å². The topological polar surface area (TPSA) is 88.7 Å². The maximum Gasteiger partial charge on any atom is 0.416 e. The maximum atomic E-state index is 12.8. The summed E-state index contributed by atoms with van der Waals surface area (Å²) in [6, 6.07) is 10.4. The number of H-pyrrole nitrogens is 1. The molecule has 0 aliphatic rings. The van der Waals surface area contributed by atoms with Crippen molar-refractivity contribution in [3.05, 3.63) is 85.0 Å². The van der Waals surface area contributed by atoms with Crippen LogP contribution in [0.4, 0.5) is 18.9 Å². The average molecular weight is 437 g/mol. The number of nitrogens with zero attached hydrogens (tertiary/aromatic N) is 3. The number of rotatable bonds is 4. The highest BCUT2D eigenvalue weighted by Gasteiger charge is 2.30. The van der Waals surface area contributed by atoms with Crippen molar-refractivity contribution in [1.82, 2.24) is 19.7 Å². The summed E-state index contributed by atoms with van der Waals surface area (Å²) in [5.74, 6) is -0.336. The van der Waals surface area contributed by atoms with Gasteiger partial charge in [0.05, 0.1) is 29.3 Å². The molecule has 7 nitrogen and oxygen atoms in total. The van der Waals surface area contributed by atoms with Gasteiger partial charge in [-0.15, -0.1) is 0 Å². The minimum absolute atomic E-state index is 0.0910. The second kappa shape index (κ2) is 7.41. The van der Waals surface area contributed by atoms with Gasteiger partial charge in [-0.1, -0.05) is 6.07 Å². The molecule has 10 heteroatoms. The van der Waals surface area contributed by atoms with E-state index in [1.807, 2.05) is 18.2 Å². The van der Waals surface area contributed by atoms with Crippen LogP contribution in [-0.2, 0) is 6.18 Å². The number of oxazole rings is 1. The molecular formula is C22H14F3N5O2. The third-order valence-electron chi connectivity index (χ3n) is 4.96.